The number of hydrogen-bond donors (Lipinski definition) is 2. The zero-order chi connectivity index (χ0) is 16.0. The molecule has 0 unspecified atom stereocenters. The van der Waals surface area contributed by atoms with Crippen molar-refractivity contribution in [1.29, 1.82) is 0 Å². The molecule has 0 bridgehead atoms. The molecule has 0 spiro atoms. The van der Waals surface area contributed by atoms with E-state index in [0.717, 1.165) is 10.5 Å². The van der Waals surface area contributed by atoms with Crippen molar-refractivity contribution >= 4 is 23.7 Å². The molecule has 0 aliphatic carbocycles. The summed E-state index contributed by atoms with van der Waals surface area (Å²) in [5, 5.41) is 18.9. The highest BCUT2D eigenvalue weighted by molar-refractivity contribution is 7.98. The Kier molecular flexibility index (Phi) is 6.23. The minimum absolute atomic E-state index is 0.0137. The van der Waals surface area contributed by atoms with Crippen LogP contribution in [0.4, 0.5) is 0 Å². The summed E-state index contributed by atoms with van der Waals surface area (Å²) in [5.74, 6) is -2.57. The Morgan fingerprint density at radius 3 is 2.05 bits per heavy atom. The summed E-state index contributed by atoms with van der Waals surface area (Å²) in [6, 6.07) is 7.34. The molecule has 0 saturated heterocycles. The monoisotopic (exact) mass is 311 g/mol. The van der Waals surface area contributed by atoms with Crippen LogP contribution in [0, 0.1) is 5.41 Å². The predicted molar refractivity (Wildman–Crippen MR) is 82.8 cm³/mol. The van der Waals surface area contributed by atoms with E-state index in [4.69, 9.17) is 0 Å². The molecule has 1 rings (SSSR count). The number of carboxylic acids is 2. The van der Waals surface area contributed by atoms with E-state index in [2.05, 4.69) is 0 Å². The topological polar surface area (TPSA) is 77.8 Å². The van der Waals surface area contributed by atoms with Gasteiger partial charge in [0.25, 0.3) is 0 Å². The van der Waals surface area contributed by atoms with Gasteiger partial charge in [0.1, 0.15) is 0 Å². The van der Waals surface area contributed by atoms with Gasteiger partial charge in [0.15, 0.2) is 5.41 Å². The van der Waals surface area contributed by atoms with Gasteiger partial charge in [-0.05, 0) is 57.4 Å². The Labute approximate surface area is 129 Å². The summed E-state index contributed by atoms with van der Waals surface area (Å²) in [5.41, 5.74) is -1.07. The first kappa shape index (κ1) is 17.5. The van der Waals surface area contributed by atoms with E-state index >= 15 is 0 Å². The molecule has 1 aromatic rings. The second-order valence-corrected chi connectivity index (χ2v) is 6.15. The summed E-state index contributed by atoms with van der Waals surface area (Å²) < 4.78 is 0. The van der Waals surface area contributed by atoms with Gasteiger partial charge in [-0.25, -0.2) is 0 Å². The normalized spacial score (nSPS) is 11.6. The van der Waals surface area contributed by atoms with Crippen molar-refractivity contribution in [3.05, 3.63) is 29.8 Å². The summed E-state index contributed by atoms with van der Waals surface area (Å²) >= 11 is 1.58. The molecule has 0 aliphatic rings. The van der Waals surface area contributed by atoms with Crippen molar-refractivity contribution in [3.63, 3.8) is 0 Å². The molecule has 2 N–H and O–H groups in total. The van der Waals surface area contributed by atoms with Crippen LogP contribution in [0.3, 0.4) is 0 Å². The van der Waals surface area contributed by atoms with E-state index in [0.29, 0.717) is 6.54 Å². The third kappa shape index (κ3) is 4.47. The fourth-order valence-electron chi connectivity index (χ4n) is 2.05. The average molecular weight is 311 g/mol. The molecule has 21 heavy (non-hydrogen) atoms. The first-order chi connectivity index (χ1) is 9.81. The average Bonchev–Trinajstić information content (AvgIpc) is 2.43. The SMILES string of the molecule is CSc1ccc(CC(CCN(C)C)(C(=O)O)C(=O)O)cc1. The van der Waals surface area contributed by atoms with Crippen molar-refractivity contribution in [2.24, 2.45) is 5.41 Å². The van der Waals surface area contributed by atoms with Crippen molar-refractivity contribution < 1.29 is 19.8 Å². The number of benzene rings is 1. The van der Waals surface area contributed by atoms with E-state index in [1.807, 2.05) is 18.4 Å². The molecule has 0 aromatic heterocycles. The molecule has 116 valence electrons. The molecule has 5 nitrogen and oxygen atoms in total. The number of aliphatic carboxylic acids is 2. The van der Waals surface area contributed by atoms with Crippen molar-refractivity contribution in [1.82, 2.24) is 4.90 Å². The zero-order valence-corrected chi connectivity index (χ0v) is 13.3. The number of thioether (sulfide) groups is 1. The van der Waals surface area contributed by atoms with Gasteiger partial charge >= 0.3 is 11.9 Å². The summed E-state index contributed by atoms with van der Waals surface area (Å²) in [7, 11) is 3.59. The summed E-state index contributed by atoms with van der Waals surface area (Å²) in [6.45, 7) is 0.404. The second kappa shape index (κ2) is 7.47. The Balaban J connectivity index is 3.04. The van der Waals surface area contributed by atoms with E-state index < -0.39 is 17.4 Å². The van der Waals surface area contributed by atoms with Crippen LogP contribution in [0.1, 0.15) is 12.0 Å². The molecule has 0 heterocycles. The fraction of sp³-hybridized carbons (Fsp3) is 0.467. The van der Waals surface area contributed by atoms with Crippen LogP contribution in [-0.2, 0) is 16.0 Å². The molecule has 6 heteroatoms. The molecule has 0 amide bonds. The van der Waals surface area contributed by atoms with Gasteiger partial charge in [-0.15, -0.1) is 11.8 Å². The van der Waals surface area contributed by atoms with Crippen LogP contribution >= 0.6 is 11.8 Å². The largest absolute Gasteiger partial charge is 0.480 e. The highest BCUT2D eigenvalue weighted by Crippen LogP contribution is 2.29. The third-order valence-electron chi connectivity index (χ3n) is 3.47. The van der Waals surface area contributed by atoms with Crippen LogP contribution in [0.25, 0.3) is 0 Å². The lowest BCUT2D eigenvalue weighted by Gasteiger charge is -2.26. The lowest BCUT2D eigenvalue weighted by Crippen LogP contribution is -2.43. The van der Waals surface area contributed by atoms with Gasteiger partial charge in [0.2, 0.25) is 0 Å². The lowest BCUT2D eigenvalue weighted by molar-refractivity contribution is -0.165. The van der Waals surface area contributed by atoms with Gasteiger partial charge in [0, 0.05) is 4.90 Å². The van der Waals surface area contributed by atoms with Crippen molar-refractivity contribution in [2.75, 3.05) is 26.9 Å². The van der Waals surface area contributed by atoms with E-state index in [1.165, 1.54) is 0 Å². The standard InChI is InChI=1S/C15H21NO4S/c1-16(2)9-8-15(13(17)18,14(19)20)10-11-4-6-12(21-3)7-5-11/h4-7H,8-10H2,1-3H3,(H,17,18)(H,19,20). The number of hydrogen-bond acceptors (Lipinski definition) is 4. The van der Waals surface area contributed by atoms with Crippen LogP contribution in [0.15, 0.2) is 29.2 Å². The number of carboxylic acid groups (broad SMARTS) is 2. The Hall–Kier alpha value is -1.53. The maximum Gasteiger partial charge on any atom is 0.321 e. The molecule has 0 saturated carbocycles. The van der Waals surface area contributed by atoms with Crippen molar-refractivity contribution in [3.8, 4) is 0 Å². The highest BCUT2D eigenvalue weighted by atomic mass is 32.2. The summed E-state index contributed by atoms with van der Waals surface area (Å²) in [4.78, 5) is 26.0. The molecule has 0 aliphatic heterocycles. The minimum Gasteiger partial charge on any atom is -0.480 e. The van der Waals surface area contributed by atoms with Gasteiger partial charge in [0.05, 0.1) is 0 Å². The van der Waals surface area contributed by atoms with E-state index in [9.17, 15) is 19.8 Å². The Bertz CT molecular complexity index is 485. The first-order valence-corrected chi connectivity index (χ1v) is 7.79. The molecule has 0 fully saturated rings. The number of carbonyl (C=O) groups is 2. The summed E-state index contributed by atoms with van der Waals surface area (Å²) in [6.07, 6.45) is 2.00. The molecular weight excluding hydrogens is 290 g/mol. The van der Waals surface area contributed by atoms with Crippen LogP contribution in [-0.4, -0.2) is 53.9 Å². The second-order valence-electron chi connectivity index (χ2n) is 5.27. The molecule has 1 aromatic carbocycles. The Morgan fingerprint density at radius 2 is 1.67 bits per heavy atom. The van der Waals surface area contributed by atoms with Crippen LogP contribution < -0.4 is 0 Å². The third-order valence-corrected chi connectivity index (χ3v) is 4.21. The lowest BCUT2D eigenvalue weighted by atomic mass is 9.78. The number of rotatable bonds is 8. The van der Waals surface area contributed by atoms with E-state index in [-0.39, 0.29) is 12.8 Å². The van der Waals surface area contributed by atoms with Gasteiger partial charge in [-0.2, -0.15) is 0 Å². The smallest absolute Gasteiger partial charge is 0.321 e. The van der Waals surface area contributed by atoms with Crippen LogP contribution in [0.2, 0.25) is 0 Å². The maximum atomic E-state index is 11.6. The van der Waals surface area contributed by atoms with Crippen LogP contribution in [0.5, 0.6) is 0 Å². The zero-order valence-electron chi connectivity index (χ0n) is 12.5. The molecular formula is C15H21NO4S. The van der Waals surface area contributed by atoms with Gasteiger partial charge < -0.3 is 15.1 Å². The van der Waals surface area contributed by atoms with Gasteiger partial charge in [-0.3, -0.25) is 9.59 Å². The highest BCUT2D eigenvalue weighted by Gasteiger charge is 2.46. The van der Waals surface area contributed by atoms with Gasteiger partial charge in [-0.1, -0.05) is 12.1 Å². The fourth-order valence-corrected chi connectivity index (χ4v) is 2.46. The quantitative estimate of drug-likeness (QED) is 0.565. The van der Waals surface area contributed by atoms with Crippen molar-refractivity contribution in [2.45, 2.75) is 17.7 Å². The molecule has 0 radical (unpaired) electrons. The number of nitrogens with zero attached hydrogens (tertiary/aromatic N) is 1. The molecule has 0 atom stereocenters. The maximum absolute atomic E-state index is 11.6. The minimum atomic E-state index is -1.79. The van der Waals surface area contributed by atoms with E-state index in [1.54, 1.807) is 42.9 Å². The Morgan fingerprint density at radius 1 is 1.14 bits per heavy atom. The first-order valence-electron chi connectivity index (χ1n) is 6.56. The predicted octanol–water partition coefficient (Wildman–Crippen LogP) is 2.06.